The van der Waals surface area contributed by atoms with E-state index in [-0.39, 0.29) is 0 Å². The monoisotopic (exact) mass is 241 g/mol. The predicted molar refractivity (Wildman–Crippen MR) is 72.1 cm³/mol. The first-order valence-corrected chi connectivity index (χ1v) is 7.28. The highest BCUT2D eigenvalue weighted by Crippen LogP contribution is 2.10. The first kappa shape index (κ1) is 13.6. The quantitative estimate of drug-likeness (QED) is 0.790. The van der Waals surface area contributed by atoms with Gasteiger partial charge in [0.15, 0.2) is 0 Å². The van der Waals surface area contributed by atoms with Gasteiger partial charge in [0.25, 0.3) is 0 Å². The van der Waals surface area contributed by atoms with Crippen LogP contribution in [0.5, 0.6) is 0 Å². The van der Waals surface area contributed by atoms with Crippen LogP contribution in [0.4, 0.5) is 0 Å². The molecule has 1 unspecified atom stereocenters. The summed E-state index contributed by atoms with van der Waals surface area (Å²) in [5.41, 5.74) is 2.52. The summed E-state index contributed by atoms with van der Waals surface area (Å²) >= 11 is 1.91. The molecule has 4 heteroatoms. The lowest BCUT2D eigenvalue weighted by Gasteiger charge is -2.15. The van der Waals surface area contributed by atoms with E-state index in [1.807, 2.05) is 30.5 Å². The van der Waals surface area contributed by atoms with E-state index in [0.717, 1.165) is 12.8 Å². The maximum atomic E-state index is 4.48. The van der Waals surface area contributed by atoms with Gasteiger partial charge >= 0.3 is 0 Å². The second kappa shape index (κ2) is 6.97. The molecule has 0 bridgehead atoms. The molecule has 0 aliphatic heterocycles. The Morgan fingerprint density at radius 1 is 1.56 bits per heavy atom. The molecule has 1 heterocycles. The van der Waals surface area contributed by atoms with Crippen molar-refractivity contribution in [3.63, 3.8) is 0 Å². The van der Waals surface area contributed by atoms with Gasteiger partial charge in [0, 0.05) is 25.2 Å². The minimum atomic E-state index is 0.563. The van der Waals surface area contributed by atoms with E-state index >= 15 is 0 Å². The Labute approximate surface area is 103 Å². The first-order chi connectivity index (χ1) is 7.71. The van der Waals surface area contributed by atoms with Crippen LogP contribution in [0.1, 0.15) is 24.7 Å². The van der Waals surface area contributed by atoms with Gasteiger partial charge in [-0.2, -0.15) is 16.9 Å². The Kier molecular flexibility index (Phi) is 5.91. The average Bonchev–Trinajstić information content (AvgIpc) is 2.65. The molecule has 0 aliphatic rings. The van der Waals surface area contributed by atoms with Gasteiger partial charge in [0.2, 0.25) is 0 Å². The summed E-state index contributed by atoms with van der Waals surface area (Å²) in [6, 6.07) is 2.79. The van der Waals surface area contributed by atoms with Gasteiger partial charge < -0.3 is 5.32 Å². The highest BCUT2D eigenvalue weighted by atomic mass is 32.2. The van der Waals surface area contributed by atoms with Gasteiger partial charge in [-0.3, -0.25) is 4.68 Å². The normalized spacial score (nSPS) is 13.0. The Balaban J connectivity index is 2.58. The number of hydrogen-bond donors (Lipinski definition) is 1. The lowest BCUT2D eigenvalue weighted by atomic mass is 10.1. The van der Waals surface area contributed by atoms with Crippen molar-refractivity contribution in [1.29, 1.82) is 0 Å². The lowest BCUT2D eigenvalue weighted by molar-refractivity contribution is 0.526. The Morgan fingerprint density at radius 2 is 2.31 bits per heavy atom. The molecule has 1 aromatic heterocycles. The molecule has 0 saturated heterocycles. The van der Waals surface area contributed by atoms with Crippen LogP contribution in [0.3, 0.4) is 0 Å². The number of aryl methyl sites for hydroxylation is 2. The second-order valence-electron chi connectivity index (χ2n) is 4.08. The Hall–Kier alpha value is -0.480. The molecule has 1 rings (SSSR count). The van der Waals surface area contributed by atoms with Crippen LogP contribution in [0.2, 0.25) is 0 Å². The van der Waals surface area contributed by atoms with Gasteiger partial charge in [-0.15, -0.1) is 0 Å². The molecule has 92 valence electrons. The van der Waals surface area contributed by atoms with Crippen molar-refractivity contribution in [2.24, 2.45) is 7.05 Å². The van der Waals surface area contributed by atoms with Crippen molar-refractivity contribution >= 4 is 11.8 Å². The molecule has 0 saturated carbocycles. The lowest BCUT2D eigenvalue weighted by Crippen LogP contribution is -2.29. The zero-order chi connectivity index (χ0) is 12.0. The third kappa shape index (κ3) is 3.83. The maximum Gasteiger partial charge on any atom is 0.0624 e. The second-order valence-corrected chi connectivity index (χ2v) is 5.06. The van der Waals surface area contributed by atoms with Crippen molar-refractivity contribution < 1.29 is 0 Å². The van der Waals surface area contributed by atoms with Crippen LogP contribution in [-0.2, 0) is 19.9 Å². The van der Waals surface area contributed by atoms with Crippen LogP contribution in [0.25, 0.3) is 0 Å². The molecular formula is C12H23N3S. The summed E-state index contributed by atoms with van der Waals surface area (Å²) in [5, 5.41) is 7.87. The summed E-state index contributed by atoms with van der Waals surface area (Å²) < 4.78 is 2.02. The summed E-state index contributed by atoms with van der Waals surface area (Å²) in [4.78, 5) is 0. The van der Waals surface area contributed by atoms with Crippen molar-refractivity contribution in [1.82, 2.24) is 15.1 Å². The molecule has 0 spiro atoms. The van der Waals surface area contributed by atoms with Crippen LogP contribution in [0, 0.1) is 0 Å². The van der Waals surface area contributed by atoms with Gasteiger partial charge in [0.05, 0.1) is 5.69 Å². The number of nitrogens with one attached hydrogen (secondary N) is 1. The van der Waals surface area contributed by atoms with E-state index in [9.17, 15) is 0 Å². The SMILES string of the molecule is CCc1cc(CC(CCSC)NC)n(C)n1. The molecule has 1 aromatic rings. The largest absolute Gasteiger partial charge is 0.317 e. The number of likely N-dealkylation sites (N-methyl/N-ethyl adjacent to an activating group) is 1. The predicted octanol–water partition coefficient (Wildman–Crippen LogP) is 1.87. The van der Waals surface area contributed by atoms with Crippen LogP contribution < -0.4 is 5.32 Å². The average molecular weight is 241 g/mol. The Bertz CT molecular complexity index is 309. The van der Waals surface area contributed by atoms with Crippen molar-refractivity contribution in [3.8, 4) is 0 Å². The first-order valence-electron chi connectivity index (χ1n) is 5.89. The zero-order valence-corrected chi connectivity index (χ0v) is 11.6. The molecule has 0 aliphatic carbocycles. The third-order valence-corrected chi connectivity index (χ3v) is 3.57. The van der Waals surface area contributed by atoms with Crippen LogP contribution in [0.15, 0.2) is 6.07 Å². The molecule has 0 radical (unpaired) electrons. The van der Waals surface area contributed by atoms with E-state index in [1.165, 1.54) is 23.6 Å². The summed E-state index contributed by atoms with van der Waals surface area (Å²) in [5.74, 6) is 1.21. The molecule has 0 amide bonds. The molecular weight excluding hydrogens is 218 g/mol. The van der Waals surface area contributed by atoms with Crippen molar-refractivity contribution in [2.45, 2.75) is 32.2 Å². The zero-order valence-electron chi connectivity index (χ0n) is 10.8. The standard InChI is InChI=1S/C12H23N3S/c1-5-10-8-12(15(3)14-10)9-11(13-2)6-7-16-4/h8,11,13H,5-7,9H2,1-4H3. The Morgan fingerprint density at radius 3 is 2.81 bits per heavy atom. The number of hydrogen-bond acceptors (Lipinski definition) is 3. The van der Waals surface area contributed by atoms with E-state index in [1.54, 1.807) is 0 Å². The fraction of sp³-hybridized carbons (Fsp3) is 0.750. The third-order valence-electron chi connectivity index (χ3n) is 2.92. The molecule has 1 atom stereocenters. The molecule has 16 heavy (non-hydrogen) atoms. The van der Waals surface area contributed by atoms with Crippen molar-refractivity contribution in [3.05, 3.63) is 17.5 Å². The maximum absolute atomic E-state index is 4.48. The van der Waals surface area contributed by atoms with Crippen LogP contribution >= 0.6 is 11.8 Å². The number of rotatable bonds is 7. The van der Waals surface area contributed by atoms with Gasteiger partial charge in [-0.05, 0) is 38.0 Å². The summed E-state index contributed by atoms with van der Waals surface area (Å²) in [7, 11) is 4.08. The van der Waals surface area contributed by atoms with Gasteiger partial charge in [-0.1, -0.05) is 6.92 Å². The summed E-state index contributed by atoms with van der Waals surface area (Å²) in [6.45, 7) is 2.15. The van der Waals surface area contributed by atoms with Gasteiger partial charge in [0.1, 0.15) is 0 Å². The highest BCUT2D eigenvalue weighted by Gasteiger charge is 2.10. The molecule has 0 fully saturated rings. The van der Waals surface area contributed by atoms with E-state index in [0.29, 0.717) is 6.04 Å². The minimum absolute atomic E-state index is 0.563. The van der Waals surface area contributed by atoms with E-state index in [4.69, 9.17) is 0 Å². The summed E-state index contributed by atoms with van der Waals surface area (Å²) in [6.07, 6.45) is 5.46. The molecule has 3 nitrogen and oxygen atoms in total. The van der Waals surface area contributed by atoms with E-state index < -0.39 is 0 Å². The highest BCUT2D eigenvalue weighted by molar-refractivity contribution is 7.98. The van der Waals surface area contributed by atoms with Gasteiger partial charge in [-0.25, -0.2) is 0 Å². The topological polar surface area (TPSA) is 29.9 Å². The van der Waals surface area contributed by atoms with Crippen molar-refractivity contribution in [2.75, 3.05) is 19.1 Å². The molecule has 1 N–H and O–H groups in total. The minimum Gasteiger partial charge on any atom is -0.317 e. The smallest absolute Gasteiger partial charge is 0.0624 e. The fourth-order valence-corrected chi connectivity index (χ4v) is 2.32. The number of thioether (sulfide) groups is 1. The number of aromatic nitrogens is 2. The fourth-order valence-electron chi connectivity index (χ4n) is 1.80. The number of nitrogens with zero attached hydrogens (tertiary/aromatic N) is 2. The molecule has 0 aromatic carbocycles. The van der Waals surface area contributed by atoms with Crippen LogP contribution in [-0.4, -0.2) is 34.9 Å². The van der Waals surface area contributed by atoms with E-state index in [2.05, 4.69) is 29.7 Å².